The van der Waals surface area contributed by atoms with Crippen LogP contribution in [0.1, 0.15) is 36.1 Å². The van der Waals surface area contributed by atoms with Gasteiger partial charge < -0.3 is 34.0 Å². The number of benzene rings is 2. The number of fused-ring (bicyclic) bond motifs is 2. The van der Waals surface area contributed by atoms with Crippen molar-refractivity contribution in [3.63, 3.8) is 0 Å². The first-order valence-corrected chi connectivity index (χ1v) is 17.2. The van der Waals surface area contributed by atoms with Gasteiger partial charge in [0.1, 0.15) is 18.7 Å². The average Bonchev–Trinajstić information content (AvgIpc) is 3.50. The number of nitriles is 1. The molecular weight excluding hydrogens is 606 g/mol. The first-order chi connectivity index (χ1) is 23.4. The Balaban J connectivity index is 1.25. The van der Waals surface area contributed by atoms with Crippen molar-refractivity contribution in [3.05, 3.63) is 65.4 Å². The maximum Gasteiger partial charge on any atom is 0.318 e. The zero-order valence-corrected chi connectivity index (χ0v) is 28.3. The lowest BCUT2D eigenvalue weighted by Gasteiger charge is -2.54. The summed E-state index contributed by atoms with van der Waals surface area (Å²) < 4.78 is 17.5. The smallest absolute Gasteiger partial charge is 0.318 e. The third-order valence-corrected chi connectivity index (χ3v) is 10.7. The quantitative estimate of drug-likeness (QED) is 0.324. The zero-order valence-electron chi connectivity index (χ0n) is 28.3. The highest BCUT2D eigenvalue weighted by molar-refractivity contribution is 5.97. The van der Waals surface area contributed by atoms with Gasteiger partial charge in [-0.3, -0.25) is 4.90 Å². The van der Waals surface area contributed by atoms with Crippen LogP contribution < -0.4 is 14.5 Å². The maximum absolute atomic E-state index is 11.0. The molecule has 0 saturated carbocycles. The monoisotopic (exact) mass is 653 g/mol. The molecule has 11 nitrogen and oxygen atoms in total. The van der Waals surface area contributed by atoms with Crippen molar-refractivity contribution in [2.75, 3.05) is 76.6 Å². The fraction of sp³-hybridized carbons (Fsp3) is 0.541. The van der Waals surface area contributed by atoms with Crippen LogP contribution in [0.15, 0.2) is 48.6 Å². The van der Waals surface area contributed by atoms with Gasteiger partial charge in [-0.15, -0.1) is 0 Å². The van der Waals surface area contributed by atoms with Gasteiger partial charge in [0.15, 0.2) is 0 Å². The van der Waals surface area contributed by atoms with E-state index in [0.717, 1.165) is 36.5 Å². The Hall–Kier alpha value is -3.79. The Kier molecular flexibility index (Phi) is 9.54. The number of ether oxygens (including phenoxy) is 3. The van der Waals surface area contributed by atoms with Crippen LogP contribution in [0.25, 0.3) is 10.8 Å². The summed E-state index contributed by atoms with van der Waals surface area (Å²) in [7, 11) is 3.78. The van der Waals surface area contributed by atoms with E-state index in [1.165, 1.54) is 28.4 Å². The number of aliphatic hydroxyl groups excluding tert-OH is 1. The molecule has 1 unspecified atom stereocenters. The van der Waals surface area contributed by atoms with Crippen molar-refractivity contribution in [3.8, 4) is 12.1 Å². The number of nitrogens with zero attached hydrogens (tertiary/aromatic N) is 7. The van der Waals surface area contributed by atoms with Gasteiger partial charge in [-0.05, 0) is 56.4 Å². The second-order valence-electron chi connectivity index (χ2n) is 13.8. The number of methoxy groups -OCH3 is 1. The van der Waals surface area contributed by atoms with Gasteiger partial charge in [-0.25, -0.2) is 0 Å². The molecule has 7 rings (SSSR count). The minimum absolute atomic E-state index is 0.173. The van der Waals surface area contributed by atoms with E-state index in [9.17, 15) is 10.4 Å². The molecule has 0 aliphatic carbocycles. The molecule has 48 heavy (non-hydrogen) atoms. The number of aryl methyl sites for hydroxylation is 1. The number of aliphatic hydroxyl groups is 1. The van der Waals surface area contributed by atoms with Crippen molar-refractivity contribution < 1.29 is 19.3 Å². The molecule has 3 saturated heterocycles. The third-order valence-electron chi connectivity index (χ3n) is 10.7. The number of hydrogen-bond acceptors (Lipinski definition) is 11. The van der Waals surface area contributed by atoms with E-state index in [-0.39, 0.29) is 11.6 Å². The summed E-state index contributed by atoms with van der Waals surface area (Å²) in [6.07, 6.45) is 6.07. The van der Waals surface area contributed by atoms with E-state index >= 15 is 0 Å². The largest absolute Gasteiger partial charge is 0.462 e. The lowest BCUT2D eigenvalue weighted by molar-refractivity contribution is -0.0609. The molecule has 2 aromatic carbocycles. The van der Waals surface area contributed by atoms with Crippen LogP contribution in [0.5, 0.6) is 6.01 Å². The van der Waals surface area contributed by atoms with Crippen LogP contribution in [-0.2, 0) is 22.4 Å². The molecule has 3 aromatic rings. The highest BCUT2D eigenvalue weighted by Crippen LogP contribution is 2.45. The fourth-order valence-corrected chi connectivity index (χ4v) is 7.98. The van der Waals surface area contributed by atoms with Crippen LogP contribution in [0.3, 0.4) is 0 Å². The lowest BCUT2D eigenvalue weighted by Crippen LogP contribution is -2.66. The van der Waals surface area contributed by atoms with Crippen LogP contribution in [-0.4, -0.2) is 115 Å². The molecule has 4 aliphatic rings. The van der Waals surface area contributed by atoms with Crippen molar-refractivity contribution >= 4 is 22.3 Å². The SMILES string of the molecule is COC/C=C/C(O)N1CCN(c2nc(OC[C@@H]3CCCN3C)nc3c2CC2(COC2)N(c2cccc4cccc(C)c24)C3)C[C@@H]1CC#N. The molecule has 0 amide bonds. The summed E-state index contributed by atoms with van der Waals surface area (Å²) in [5.74, 6) is 0.877. The van der Waals surface area contributed by atoms with E-state index < -0.39 is 6.23 Å². The standard InChI is InChI=1S/C37H47N7O4/c1-26-8-4-9-27-10-5-12-32(34(26)27)44-22-31-30(20-37(44)24-47-25-37)35(40-36(39-31)48-23-29-11-6-16-41(29)2)42-17-18-43(28(21-42)14-15-38)33(45)13-7-19-46-3/h4-5,7-10,12-13,28-29,33,45H,6,11,14,16-25H2,1-3H3/b13-7+/t28-,29-,33?/m0/s1. The van der Waals surface area contributed by atoms with Crippen molar-refractivity contribution in [2.45, 2.75) is 63.0 Å². The molecule has 1 spiro atoms. The molecule has 0 bridgehead atoms. The second kappa shape index (κ2) is 14.0. The van der Waals surface area contributed by atoms with Gasteiger partial charge >= 0.3 is 6.01 Å². The molecule has 254 valence electrons. The van der Waals surface area contributed by atoms with Gasteiger partial charge in [0.05, 0.1) is 50.1 Å². The molecular formula is C37H47N7O4. The van der Waals surface area contributed by atoms with Crippen LogP contribution in [0.4, 0.5) is 11.5 Å². The average molecular weight is 654 g/mol. The van der Waals surface area contributed by atoms with Gasteiger partial charge in [0.25, 0.3) is 0 Å². The number of piperazine rings is 1. The van der Waals surface area contributed by atoms with Crippen LogP contribution in [0.2, 0.25) is 0 Å². The number of likely N-dealkylation sites (N-methyl/N-ethyl adjacent to an activating group) is 1. The summed E-state index contributed by atoms with van der Waals surface area (Å²) >= 11 is 0. The molecule has 11 heteroatoms. The normalized spacial score (nSPS) is 23.4. The van der Waals surface area contributed by atoms with Crippen molar-refractivity contribution in [1.82, 2.24) is 19.8 Å². The minimum Gasteiger partial charge on any atom is -0.462 e. The van der Waals surface area contributed by atoms with Gasteiger partial charge in [-0.2, -0.15) is 15.2 Å². The van der Waals surface area contributed by atoms with E-state index in [0.29, 0.717) is 71.1 Å². The second-order valence-corrected chi connectivity index (χ2v) is 13.8. The fourth-order valence-electron chi connectivity index (χ4n) is 7.98. The summed E-state index contributed by atoms with van der Waals surface area (Å²) in [5, 5.41) is 23.3. The van der Waals surface area contributed by atoms with Gasteiger partial charge in [0, 0.05) is 61.9 Å². The lowest BCUT2D eigenvalue weighted by atomic mass is 9.81. The van der Waals surface area contributed by atoms with Crippen LogP contribution in [0, 0.1) is 18.3 Å². The Labute approximate surface area is 283 Å². The molecule has 5 heterocycles. The Morgan fingerprint density at radius 2 is 1.98 bits per heavy atom. The van der Waals surface area contributed by atoms with Crippen molar-refractivity contribution in [2.24, 2.45) is 0 Å². The van der Waals surface area contributed by atoms with Crippen LogP contribution >= 0.6 is 0 Å². The topological polar surface area (TPSA) is 110 Å². The number of rotatable bonds is 10. The molecule has 1 aromatic heterocycles. The van der Waals surface area contributed by atoms with Crippen molar-refractivity contribution in [1.29, 1.82) is 5.26 Å². The molecule has 4 aliphatic heterocycles. The number of aromatic nitrogens is 2. The minimum atomic E-state index is -0.796. The number of hydrogen-bond donors (Lipinski definition) is 1. The number of anilines is 2. The predicted molar refractivity (Wildman–Crippen MR) is 185 cm³/mol. The summed E-state index contributed by atoms with van der Waals surface area (Å²) in [5.41, 5.74) is 4.33. The first-order valence-electron chi connectivity index (χ1n) is 17.2. The predicted octanol–water partition coefficient (Wildman–Crippen LogP) is 3.67. The highest BCUT2D eigenvalue weighted by Gasteiger charge is 2.50. The molecule has 1 N–H and O–H groups in total. The van der Waals surface area contributed by atoms with Gasteiger partial charge in [0.2, 0.25) is 0 Å². The number of likely N-dealkylation sites (tertiary alicyclic amines) is 1. The molecule has 3 atom stereocenters. The maximum atomic E-state index is 11.0. The summed E-state index contributed by atoms with van der Waals surface area (Å²) in [4.78, 5) is 19.4. The highest BCUT2D eigenvalue weighted by atomic mass is 16.5. The first kappa shape index (κ1) is 32.7. The zero-order chi connectivity index (χ0) is 33.3. The van der Waals surface area contributed by atoms with E-state index in [1.807, 2.05) is 11.0 Å². The van der Waals surface area contributed by atoms with E-state index in [4.69, 9.17) is 24.2 Å². The summed E-state index contributed by atoms with van der Waals surface area (Å²) in [6, 6.07) is 16.0. The summed E-state index contributed by atoms with van der Waals surface area (Å²) in [6.45, 7) is 7.90. The van der Waals surface area contributed by atoms with E-state index in [2.05, 4.69) is 71.1 Å². The Morgan fingerprint density at radius 3 is 2.71 bits per heavy atom. The molecule has 3 fully saturated rings. The third kappa shape index (κ3) is 6.24. The van der Waals surface area contributed by atoms with Gasteiger partial charge in [-0.1, -0.05) is 36.4 Å². The Bertz CT molecular complexity index is 1680. The molecule has 0 radical (unpaired) electrons. The van der Waals surface area contributed by atoms with E-state index in [1.54, 1.807) is 13.2 Å². The Morgan fingerprint density at radius 1 is 1.15 bits per heavy atom.